The molecule has 116 valence electrons. The van der Waals surface area contributed by atoms with Crippen LogP contribution >= 0.6 is 12.4 Å². The zero-order valence-corrected chi connectivity index (χ0v) is 12.7. The largest absolute Gasteiger partial charge is 0.508 e. The van der Waals surface area contributed by atoms with Gasteiger partial charge in [-0.05, 0) is 36.4 Å². The van der Waals surface area contributed by atoms with Gasteiger partial charge in [-0.15, -0.1) is 12.4 Å². The van der Waals surface area contributed by atoms with Crippen molar-refractivity contribution in [1.82, 2.24) is 0 Å². The van der Waals surface area contributed by atoms with Crippen LogP contribution in [0.2, 0.25) is 0 Å². The topological polar surface area (TPSA) is 60.7 Å². The molecule has 0 spiro atoms. The molecular weight excluding hydrogens is 300 g/mol. The van der Waals surface area contributed by atoms with Gasteiger partial charge < -0.3 is 15.3 Å². The molecule has 0 aliphatic heterocycles. The van der Waals surface area contributed by atoms with E-state index in [9.17, 15) is 0 Å². The summed E-state index contributed by atoms with van der Waals surface area (Å²) in [4.78, 5) is 0. The number of aromatic hydroxyl groups is 3. The zero-order valence-electron chi connectivity index (χ0n) is 11.9. The molecule has 0 aromatic heterocycles. The van der Waals surface area contributed by atoms with E-state index in [1.165, 1.54) is 0 Å². The van der Waals surface area contributed by atoms with E-state index in [1.54, 1.807) is 72.8 Å². The average molecular weight is 319 g/mol. The number of phenolic OH excluding ortho intramolecular Hbond substituents is 3. The van der Waals surface area contributed by atoms with Crippen LogP contribution in [-0.4, -0.2) is 15.3 Å². The molecule has 4 heteroatoms. The van der Waals surface area contributed by atoms with Crippen LogP contribution < -0.4 is 0 Å². The number of hydrogen-bond acceptors (Lipinski definition) is 3. The normalized spacial score (nSPS) is 8.18. The van der Waals surface area contributed by atoms with Crippen molar-refractivity contribution in [2.24, 2.45) is 0 Å². The first-order valence-electron chi connectivity index (χ1n) is 6.40. The molecule has 3 aromatic rings. The maximum atomic E-state index is 8.63. The standard InChI is InChI=1S/3C6H6O.ClH/c3*7-6-4-2-1-3-5-6;/h3*1-5,7H;1H. The third-order valence-corrected chi connectivity index (χ3v) is 2.27. The fraction of sp³-hybridized carbons (Fsp3) is 0. The van der Waals surface area contributed by atoms with Crippen molar-refractivity contribution < 1.29 is 15.3 Å². The number of benzene rings is 3. The molecule has 0 saturated heterocycles. The zero-order chi connectivity index (χ0) is 15.3. The van der Waals surface area contributed by atoms with E-state index in [-0.39, 0.29) is 12.4 Å². The summed E-state index contributed by atoms with van der Waals surface area (Å²) in [7, 11) is 0. The summed E-state index contributed by atoms with van der Waals surface area (Å²) >= 11 is 0. The summed E-state index contributed by atoms with van der Waals surface area (Å²) in [5, 5.41) is 25.9. The predicted molar refractivity (Wildman–Crippen MR) is 91.6 cm³/mol. The number of halogens is 1. The minimum Gasteiger partial charge on any atom is -0.508 e. The Labute approximate surface area is 136 Å². The van der Waals surface area contributed by atoms with Crippen LogP contribution in [-0.2, 0) is 0 Å². The van der Waals surface area contributed by atoms with Crippen molar-refractivity contribution in [2.45, 2.75) is 0 Å². The van der Waals surface area contributed by atoms with Gasteiger partial charge in [-0.1, -0.05) is 54.6 Å². The summed E-state index contributed by atoms with van der Waals surface area (Å²) in [6.45, 7) is 0. The third-order valence-electron chi connectivity index (χ3n) is 2.27. The second-order valence-electron chi connectivity index (χ2n) is 4.01. The minimum atomic E-state index is 0. The molecule has 0 aliphatic carbocycles. The number of rotatable bonds is 0. The van der Waals surface area contributed by atoms with Crippen LogP contribution in [0.1, 0.15) is 0 Å². The van der Waals surface area contributed by atoms with Gasteiger partial charge >= 0.3 is 0 Å². The maximum absolute atomic E-state index is 8.63. The fourth-order valence-corrected chi connectivity index (χ4v) is 1.28. The highest BCUT2D eigenvalue weighted by molar-refractivity contribution is 5.85. The van der Waals surface area contributed by atoms with Crippen LogP contribution in [0.4, 0.5) is 0 Å². The second-order valence-corrected chi connectivity index (χ2v) is 4.01. The fourth-order valence-electron chi connectivity index (χ4n) is 1.28. The number of phenols is 3. The molecule has 0 fully saturated rings. The van der Waals surface area contributed by atoms with Gasteiger partial charge in [-0.2, -0.15) is 0 Å². The predicted octanol–water partition coefficient (Wildman–Crippen LogP) is 4.60. The van der Waals surface area contributed by atoms with Crippen LogP contribution in [0.15, 0.2) is 91.0 Å². The van der Waals surface area contributed by atoms with E-state index in [1.807, 2.05) is 18.2 Å². The monoisotopic (exact) mass is 318 g/mol. The van der Waals surface area contributed by atoms with Crippen molar-refractivity contribution in [3.8, 4) is 17.2 Å². The van der Waals surface area contributed by atoms with Crippen LogP contribution in [0.3, 0.4) is 0 Å². The minimum absolute atomic E-state index is 0. The molecule has 0 aliphatic rings. The Bertz CT molecular complexity index is 497. The van der Waals surface area contributed by atoms with Crippen molar-refractivity contribution >= 4 is 12.4 Å². The van der Waals surface area contributed by atoms with Crippen molar-refractivity contribution in [3.05, 3.63) is 91.0 Å². The molecule has 0 saturated carbocycles. The third kappa shape index (κ3) is 10.2. The Morgan fingerprint density at radius 2 is 0.545 bits per heavy atom. The van der Waals surface area contributed by atoms with Crippen LogP contribution in [0, 0.1) is 0 Å². The van der Waals surface area contributed by atoms with E-state index >= 15 is 0 Å². The summed E-state index contributed by atoms with van der Waals surface area (Å²) in [6.07, 6.45) is 0. The van der Waals surface area contributed by atoms with Crippen molar-refractivity contribution in [1.29, 1.82) is 0 Å². The quantitative estimate of drug-likeness (QED) is 0.567. The molecule has 3 rings (SSSR count). The molecule has 3 nitrogen and oxygen atoms in total. The lowest BCUT2D eigenvalue weighted by Crippen LogP contribution is -1.56. The molecule has 3 N–H and O–H groups in total. The Balaban J connectivity index is 0.000000294. The van der Waals surface area contributed by atoms with Gasteiger partial charge in [0.05, 0.1) is 0 Å². The molecule has 0 atom stereocenters. The lowest BCUT2D eigenvalue weighted by Gasteiger charge is -1.82. The number of hydrogen-bond donors (Lipinski definition) is 3. The molecule has 0 heterocycles. The highest BCUT2D eigenvalue weighted by Crippen LogP contribution is 2.04. The summed E-state index contributed by atoms with van der Waals surface area (Å²) in [5.41, 5.74) is 0. The first kappa shape index (κ1) is 19.4. The molecule has 0 radical (unpaired) electrons. The van der Waals surface area contributed by atoms with Crippen LogP contribution in [0.25, 0.3) is 0 Å². The molecular formula is C18H19ClO3. The highest BCUT2D eigenvalue weighted by Gasteiger charge is 1.76. The van der Waals surface area contributed by atoms with Crippen molar-refractivity contribution in [2.75, 3.05) is 0 Å². The smallest absolute Gasteiger partial charge is 0.115 e. The van der Waals surface area contributed by atoms with E-state index < -0.39 is 0 Å². The van der Waals surface area contributed by atoms with Gasteiger partial charge in [-0.25, -0.2) is 0 Å². The van der Waals surface area contributed by atoms with E-state index in [0.717, 1.165) is 0 Å². The highest BCUT2D eigenvalue weighted by atomic mass is 35.5. The Hall–Kier alpha value is -2.65. The molecule has 3 aromatic carbocycles. The summed E-state index contributed by atoms with van der Waals surface area (Å²) < 4.78 is 0. The molecule has 22 heavy (non-hydrogen) atoms. The second kappa shape index (κ2) is 12.1. The first-order chi connectivity index (χ1) is 10.2. The Kier molecular flexibility index (Phi) is 10.7. The SMILES string of the molecule is Cl.Oc1ccccc1.Oc1ccccc1.Oc1ccccc1. The molecule has 0 amide bonds. The van der Waals surface area contributed by atoms with Gasteiger partial charge in [0.1, 0.15) is 17.2 Å². The van der Waals surface area contributed by atoms with E-state index in [4.69, 9.17) is 15.3 Å². The number of para-hydroxylation sites is 3. The summed E-state index contributed by atoms with van der Waals surface area (Å²) in [5.74, 6) is 0.965. The molecule has 0 unspecified atom stereocenters. The van der Waals surface area contributed by atoms with Crippen LogP contribution in [0.5, 0.6) is 17.2 Å². The average Bonchev–Trinajstić information content (AvgIpc) is 2.51. The van der Waals surface area contributed by atoms with E-state index in [2.05, 4.69) is 0 Å². The molecule has 0 bridgehead atoms. The Morgan fingerprint density at radius 3 is 0.636 bits per heavy atom. The van der Waals surface area contributed by atoms with E-state index in [0.29, 0.717) is 17.2 Å². The Morgan fingerprint density at radius 1 is 0.364 bits per heavy atom. The lowest BCUT2D eigenvalue weighted by atomic mass is 10.3. The van der Waals surface area contributed by atoms with Gasteiger partial charge in [0.25, 0.3) is 0 Å². The van der Waals surface area contributed by atoms with Gasteiger partial charge in [0.2, 0.25) is 0 Å². The maximum Gasteiger partial charge on any atom is 0.115 e. The first-order valence-corrected chi connectivity index (χ1v) is 6.40. The van der Waals surface area contributed by atoms with Gasteiger partial charge in [-0.3, -0.25) is 0 Å². The summed E-state index contributed by atoms with van der Waals surface area (Å²) in [6, 6.07) is 26.1. The lowest BCUT2D eigenvalue weighted by molar-refractivity contribution is 0.475. The van der Waals surface area contributed by atoms with Crippen molar-refractivity contribution in [3.63, 3.8) is 0 Å². The van der Waals surface area contributed by atoms with Gasteiger partial charge in [0, 0.05) is 0 Å². The van der Waals surface area contributed by atoms with Gasteiger partial charge in [0.15, 0.2) is 0 Å².